The molecule has 0 saturated carbocycles. The zero-order valence-corrected chi connectivity index (χ0v) is 42.4. The van der Waals surface area contributed by atoms with Gasteiger partial charge in [0.25, 0.3) is 0 Å². The molecule has 0 bridgehead atoms. The van der Waals surface area contributed by atoms with Gasteiger partial charge in [0.05, 0.1) is 22.4 Å². The molecule has 0 saturated heterocycles. The fraction of sp³-hybridized carbons (Fsp3) is 0.214. The van der Waals surface area contributed by atoms with Gasteiger partial charge >= 0.3 is 120 Å². The molecular weight excluding hydrogens is 1020 g/mol. The average molecular weight is 1080 g/mol. The molecule has 4 heterocycles. The van der Waals surface area contributed by atoms with Crippen LogP contribution < -0.4 is 4.40 Å². The predicted molar refractivity (Wildman–Crippen MR) is 265 cm³/mol. The van der Waals surface area contributed by atoms with Gasteiger partial charge in [-0.05, 0) is 58.4 Å². The van der Waals surface area contributed by atoms with Gasteiger partial charge in [0, 0.05) is 36.6 Å². The molecule has 0 unspecified atom stereocenters. The van der Waals surface area contributed by atoms with E-state index in [1.165, 1.54) is 26.6 Å². The van der Waals surface area contributed by atoms with E-state index >= 15 is 0 Å². The Morgan fingerprint density at radius 1 is 0.656 bits per heavy atom. The van der Waals surface area contributed by atoms with Crippen molar-refractivity contribution in [3.05, 3.63) is 168 Å². The van der Waals surface area contributed by atoms with E-state index in [2.05, 4.69) is 150 Å². The Morgan fingerprint density at radius 3 is 2.00 bits per heavy atom. The Bertz CT molecular complexity index is 3280. The Labute approximate surface area is 394 Å². The number of nitrogens with zero attached hydrogens (tertiary/aromatic N) is 5. The van der Waals surface area contributed by atoms with Gasteiger partial charge in [-0.3, -0.25) is 4.98 Å². The third kappa shape index (κ3) is 8.49. The van der Waals surface area contributed by atoms with E-state index in [0.29, 0.717) is 5.65 Å². The molecule has 1 radical (unpaired) electrons. The largest absolute Gasteiger partial charge is 0 e. The number of furan rings is 1. The predicted octanol–water partition coefficient (Wildman–Crippen LogP) is 14.5. The minimum absolute atomic E-state index is 0. The average Bonchev–Trinajstić information content (AvgIpc) is 3.88. The van der Waals surface area contributed by atoms with Crippen molar-refractivity contribution in [2.45, 2.75) is 76.5 Å². The number of para-hydroxylation sites is 1. The molecule has 0 aliphatic heterocycles. The van der Waals surface area contributed by atoms with Crippen LogP contribution in [0, 0.1) is 12.1 Å². The minimum Gasteiger partial charge on any atom is 0 e. The number of imidazole rings is 1. The second kappa shape index (κ2) is 18.4. The fourth-order valence-corrected chi connectivity index (χ4v) is 11.9. The maximum absolute atomic E-state index is 8.44. The van der Waals surface area contributed by atoms with Crippen molar-refractivity contribution in [2.24, 2.45) is 0 Å². The van der Waals surface area contributed by atoms with Crippen LogP contribution in [-0.2, 0) is 20.1 Å². The Kier molecular flexibility index (Phi) is 12.5. The van der Waals surface area contributed by atoms with Crippen LogP contribution in [0.4, 0.5) is 0 Å². The Balaban J connectivity index is 0.000000232. The van der Waals surface area contributed by atoms with Crippen LogP contribution >= 0.6 is 0 Å². The van der Waals surface area contributed by atoms with Crippen molar-refractivity contribution >= 4 is 61.7 Å². The second-order valence-electron chi connectivity index (χ2n) is 18.2. The summed E-state index contributed by atoms with van der Waals surface area (Å²) in [5, 5.41) is 12.3. The van der Waals surface area contributed by atoms with Crippen LogP contribution in [0.3, 0.4) is 0 Å². The zero-order valence-electron chi connectivity index (χ0n) is 38.9. The van der Waals surface area contributed by atoms with Gasteiger partial charge in [0.1, 0.15) is 5.58 Å². The van der Waals surface area contributed by atoms with Gasteiger partial charge in [-0.1, -0.05) is 105 Å². The summed E-state index contributed by atoms with van der Waals surface area (Å²) in [6, 6.07) is 52.4. The van der Waals surface area contributed by atoms with Crippen LogP contribution in [0.15, 0.2) is 144 Å². The summed E-state index contributed by atoms with van der Waals surface area (Å²) in [7, 11) is 0. The van der Waals surface area contributed by atoms with Crippen LogP contribution in [0.2, 0.25) is 17.3 Å². The topological polar surface area (TPSA) is 69.6 Å². The molecule has 323 valence electrons. The van der Waals surface area contributed by atoms with Gasteiger partial charge in [-0.15, -0.1) is 28.4 Å². The van der Waals surface area contributed by atoms with Gasteiger partial charge in [0.2, 0.25) is 0 Å². The summed E-state index contributed by atoms with van der Waals surface area (Å²) in [5.74, 6) is 7.67. The van der Waals surface area contributed by atoms with E-state index in [9.17, 15) is 0 Å². The first-order valence-corrected chi connectivity index (χ1v) is 29.2. The van der Waals surface area contributed by atoms with E-state index in [0.717, 1.165) is 72.3 Å². The standard InChI is InChI=1S/C39H31N4O.C17H22GeN.Ir/c1-23(2)31-21-26(25-13-6-5-7-14-25)22-32(24(3)4)35(31)43-36-29-16-8-10-19-33(29)41-42-38(36)40-39(43)30-18-12-17-28-27-15-9-11-20-34(27)44-37(28)30;1-13(2)15-11-17(14-9-7-6-8-10-14)19-12-16(15)18(3,4)5;/h5-17,19-24H,1-4H3;6-9,11-13H,1-5H3;/q2*-1;/i;13D;. The minimum atomic E-state index is -2.03. The van der Waals surface area contributed by atoms with Crippen molar-refractivity contribution in [3.8, 4) is 39.5 Å². The maximum atomic E-state index is 8.44. The zero-order chi connectivity index (χ0) is 44.9. The fourth-order valence-electron chi connectivity index (χ4n) is 8.61. The molecule has 6 aromatic carbocycles. The van der Waals surface area contributed by atoms with E-state index in [1.807, 2.05) is 80.7 Å². The molecule has 0 aliphatic carbocycles. The Hall–Kier alpha value is -5.73. The van der Waals surface area contributed by atoms with Crippen LogP contribution in [0.5, 0.6) is 0 Å². The summed E-state index contributed by atoms with van der Waals surface area (Å²) < 4.78 is 18.6. The first-order valence-electron chi connectivity index (χ1n) is 22.4. The molecule has 0 amide bonds. The third-order valence-electron chi connectivity index (χ3n) is 11.8. The van der Waals surface area contributed by atoms with Crippen LogP contribution in [0.1, 0.15) is 77.3 Å². The molecule has 6 nitrogen and oxygen atoms in total. The van der Waals surface area contributed by atoms with Crippen LogP contribution in [0.25, 0.3) is 83.5 Å². The van der Waals surface area contributed by atoms with E-state index in [4.69, 9.17) is 10.8 Å². The van der Waals surface area contributed by atoms with Crippen molar-refractivity contribution in [1.29, 1.82) is 0 Å². The second-order valence-corrected chi connectivity index (χ2v) is 28.7. The smallest absolute Gasteiger partial charge is 0 e. The van der Waals surface area contributed by atoms with Crippen molar-refractivity contribution in [3.63, 3.8) is 0 Å². The number of aromatic nitrogens is 5. The number of hydrogen-bond acceptors (Lipinski definition) is 5. The summed E-state index contributed by atoms with van der Waals surface area (Å²) in [4.78, 5) is 9.83. The number of benzene rings is 6. The molecule has 64 heavy (non-hydrogen) atoms. The molecule has 4 aromatic heterocycles. The molecule has 0 fully saturated rings. The SMILES string of the molecule is CC(C)c1cc(-c2ccccc2)cc(C(C)C)c1-n1c(-c2[c-]ccc3c2oc2ccccc23)nc2nnc3ccccc3c21.[2H]C(C)(C)c1cc(-c2[c-]cccc2)nc[c]1[Ge]([CH3])([CH3])[CH3].[Ir]. The number of hydrogen-bond donors (Lipinski definition) is 0. The monoisotopic (exact) mass is 1080 g/mol. The van der Waals surface area contributed by atoms with E-state index in [1.54, 1.807) is 0 Å². The molecule has 0 aliphatic rings. The van der Waals surface area contributed by atoms with E-state index in [-0.39, 0.29) is 31.9 Å². The van der Waals surface area contributed by atoms with Crippen molar-refractivity contribution in [2.75, 3.05) is 0 Å². The van der Waals surface area contributed by atoms with Gasteiger partial charge in [-0.25, -0.2) is 0 Å². The number of fused-ring (bicyclic) bond motifs is 6. The normalized spacial score (nSPS) is 12.2. The van der Waals surface area contributed by atoms with Gasteiger partial charge in [-0.2, -0.15) is 0 Å². The van der Waals surface area contributed by atoms with Gasteiger partial charge < -0.3 is 8.98 Å². The Morgan fingerprint density at radius 2 is 1.33 bits per heavy atom. The van der Waals surface area contributed by atoms with E-state index < -0.39 is 19.2 Å². The summed E-state index contributed by atoms with van der Waals surface area (Å²) in [5.41, 5.74) is 13.8. The molecule has 10 aromatic rings. The van der Waals surface area contributed by atoms with Crippen molar-refractivity contribution < 1.29 is 25.9 Å². The summed E-state index contributed by atoms with van der Waals surface area (Å²) in [6.07, 6.45) is 2.00. The first kappa shape index (κ1) is 43.5. The molecule has 0 atom stereocenters. The molecule has 0 N–H and O–H groups in total. The molecule has 0 spiro atoms. The molecular formula is C56H53GeIrN5O-2. The maximum Gasteiger partial charge on any atom is 0 e. The summed E-state index contributed by atoms with van der Waals surface area (Å²) >= 11 is -2.03. The summed E-state index contributed by atoms with van der Waals surface area (Å²) in [6.45, 7) is 13.0. The molecule has 10 rings (SSSR count). The number of pyridine rings is 1. The number of rotatable bonds is 8. The van der Waals surface area contributed by atoms with Gasteiger partial charge in [0.15, 0.2) is 5.65 Å². The first-order chi connectivity index (χ1) is 30.7. The quantitative estimate of drug-likeness (QED) is 0.112. The third-order valence-corrected chi connectivity index (χ3v) is 16.0. The molecule has 8 heteroatoms. The van der Waals surface area contributed by atoms with Crippen LogP contribution in [-0.4, -0.2) is 38.0 Å². The van der Waals surface area contributed by atoms with Crippen molar-refractivity contribution in [1.82, 2.24) is 24.7 Å².